The summed E-state index contributed by atoms with van der Waals surface area (Å²) in [7, 11) is 0. The second-order valence-electron chi connectivity index (χ2n) is 6.10. The van der Waals surface area contributed by atoms with Gasteiger partial charge in [0.1, 0.15) is 0 Å². The number of benzene rings is 3. The fraction of sp³-hybridized carbons (Fsp3) is 0.217. The van der Waals surface area contributed by atoms with Gasteiger partial charge in [-0.2, -0.15) is 0 Å². The zero-order valence-electron chi connectivity index (χ0n) is 13.8. The first-order valence-corrected chi connectivity index (χ1v) is 8.57. The van der Waals surface area contributed by atoms with E-state index in [1.165, 1.54) is 41.5 Å². The Morgan fingerprint density at radius 1 is 0.609 bits per heavy atom. The maximum absolute atomic E-state index is 2.30. The highest BCUT2D eigenvalue weighted by Crippen LogP contribution is 2.31. The molecule has 0 unspecified atom stereocenters. The lowest BCUT2D eigenvalue weighted by Gasteiger charge is -2.19. The largest absolute Gasteiger partial charge is 0.0654 e. The van der Waals surface area contributed by atoms with Gasteiger partial charge in [0.2, 0.25) is 0 Å². The van der Waals surface area contributed by atoms with Gasteiger partial charge in [0.15, 0.2) is 0 Å². The smallest absolute Gasteiger partial charge is 0.0339 e. The minimum Gasteiger partial charge on any atom is -0.0654 e. The lowest BCUT2D eigenvalue weighted by molar-refractivity contribution is 0.794. The van der Waals surface area contributed by atoms with Crippen molar-refractivity contribution < 1.29 is 0 Å². The quantitative estimate of drug-likeness (QED) is 0.475. The Morgan fingerprint density at radius 2 is 1.09 bits per heavy atom. The second-order valence-corrected chi connectivity index (χ2v) is 6.10. The van der Waals surface area contributed by atoms with Crippen molar-refractivity contribution in [1.82, 2.24) is 0 Å². The van der Waals surface area contributed by atoms with Crippen molar-refractivity contribution in [3.8, 4) is 0 Å². The molecular weight excluding hydrogens is 276 g/mol. The van der Waals surface area contributed by atoms with Crippen LogP contribution in [0.3, 0.4) is 0 Å². The van der Waals surface area contributed by atoms with E-state index in [0.717, 1.165) is 0 Å². The molecule has 0 radical (unpaired) electrons. The third-order valence-corrected chi connectivity index (χ3v) is 4.40. The number of hydrogen-bond donors (Lipinski definition) is 0. The Hall–Kier alpha value is -2.34. The highest BCUT2D eigenvalue weighted by Gasteiger charge is 2.15. The predicted molar refractivity (Wildman–Crippen MR) is 98.9 cm³/mol. The van der Waals surface area contributed by atoms with Crippen LogP contribution in [0.25, 0.3) is 0 Å². The summed E-state index contributed by atoms with van der Waals surface area (Å²) in [5.41, 5.74) is 5.50. The van der Waals surface area contributed by atoms with Crippen LogP contribution in [0.15, 0.2) is 84.9 Å². The highest BCUT2D eigenvalue weighted by atomic mass is 14.2. The number of rotatable bonds is 6. The van der Waals surface area contributed by atoms with Gasteiger partial charge in [0, 0.05) is 5.92 Å². The Kier molecular flexibility index (Phi) is 5.26. The molecule has 0 aliphatic carbocycles. The standard InChI is InChI=1S/C23H24/c1-2-3-10-19-15-17-22(18-16-19)23(20-11-6-4-7-12-20)21-13-8-5-9-14-21/h4-9,11-18,23H,2-3,10H2,1H3. The minimum atomic E-state index is 0.303. The van der Waals surface area contributed by atoms with Gasteiger partial charge in [-0.15, -0.1) is 0 Å². The van der Waals surface area contributed by atoms with Gasteiger partial charge < -0.3 is 0 Å². The molecule has 0 spiro atoms. The predicted octanol–water partition coefficient (Wildman–Crippen LogP) is 6.21. The first-order chi connectivity index (χ1) is 11.4. The van der Waals surface area contributed by atoms with E-state index in [0.29, 0.717) is 5.92 Å². The third kappa shape index (κ3) is 3.90. The van der Waals surface area contributed by atoms with Crippen molar-refractivity contribution in [2.75, 3.05) is 0 Å². The van der Waals surface area contributed by atoms with E-state index in [1.807, 2.05) is 0 Å². The number of unbranched alkanes of at least 4 members (excludes halogenated alkanes) is 1. The molecular formula is C23H24. The number of hydrogen-bond acceptors (Lipinski definition) is 0. The van der Waals surface area contributed by atoms with Gasteiger partial charge in [-0.1, -0.05) is 98.3 Å². The first-order valence-electron chi connectivity index (χ1n) is 8.57. The molecule has 3 rings (SSSR count). The molecule has 0 heteroatoms. The summed E-state index contributed by atoms with van der Waals surface area (Å²) in [6.07, 6.45) is 3.69. The highest BCUT2D eigenvalue weighted by molar-refractivity contribution is 5.43. The Bertz CT molecular complexity index is 657. The molecule has 0 heterocycles. The van der Waals surface area contributed by atoms with Crippen LogP contribution in [0.1, 0.15) is 47.9 Å². The summed E-state index contributed by atoms with van der Waals surface area (Å²) in [5, 5.41) is 0. The van der Waals surface area contributed by atoms with Crippen LogP contribution < -0.4 is 0 Å². The zero-order valence-corrected chi connectivity index (χ0v) is 13.8. The van der Waals surface area contributed by atoms with Crippen LogP contribution in [0.2, 0.25) is 0 Å². The van der Waals surface area contributed by atoms with E-state index in [-0.39, 0.29) is 0 Å². The van der Waals surface area contributed by atoms with Gasteiger partial charge in [-0.25, -0.2) is 0 Å². The van der Waals surface area contributed by atoms with Crippen LogP contribution in [0.5, 0.6) is 0 Å². The molecule has 0 nitrogen and oxygen atoms in total. The molecule has 0 aliphatic heterocycles. The molecule has 116 valence electrons. The maximum Gasteiger partial charge on any atom is 0.0339 e. The van der Waals surface area contributed by atoms with Gasteiger partial charge in [0.05, 0.1) is 0 Å². The van der Waals surface area contributed by atoms with Crippen molar-refractivity contribution in [2.24, 2.45) is 0 Å². The van der Waals surface area contributed by atoms with Crippen molar-refractivity contribution in [2.45, 2.75) is 32.1 Å². The van der Waals surface area contributed by atoms with Crippen molar-refractivity contribution in [1.29, 1.82) is 0 Å². The summed E-state index contributed by atoms with van der Waals surface area (Å²) < 4.78 is 0. The fourth-order valence-electron chi connectivity index (χ4n) is 3.13. The lowest BCUT2D eigenvalue weighted by Crippen LogP contribution is -2.03. The second kappa shape index (κ2) is 7.78. The van der Waals surface area contributed by atoms with Crippen molar-refractivity contribution in [3.05, 3.63) is 107 Å². The molecule has 23 heavy (non-hydrogen) atoms. The van der Waals surface area contributed by atoms with Gasteiger partial charge in [-0.05, 0) is 35.1 Å². The van der Waals surface area contributed by atoms with E-state index in [9.17, 15) is 0 Å². The lowest BCUT2D eigenvalue weighted by atomic mass is 9.85. The minimum absolute atomic E-state index is 0.303. The van der Waals surface area contributed by atoms with E-state index < -0.39 is 0 Å². The molecule has 0 fully saturated rings. The molecule has 0 aromatic heterocycles. The van der Waals surface area contributed by atoms with Crippen LogP contribution in [-0.4, -0.2) is 0 Å². The first kappa shape index (κ1) is 15.6. The fourth-order valence-corrected chi connectivity index (χ4v) is 3.13. The molecule has 3 aromatic carbocycles. The molecule has 0 saturated heterocycles. The summed E-state index contributed by atoms with van der Waals surface area (Å²) in [6.45, 7) is 2.25. The van der Waals surface area contributed by atoms with Crippen LogP contribution in [0.4, 0.5) is 0 Å². The Balaban J connectivity index is 1.96. The van der Waals surface area contributed by atoms with E-state index in [2.05, 4.69) is 91.9 Å². The van der Waals surface area contributed by atoms with Crippen LogP contribution in [-0.2, 0) is 6.42 Å². The third-order valence-electron chi connectivity index (χ3n) is 4.40. The van der Waals surface area contributed by atoms with Crippen LogP contribution in [0, 0.1) is 0 Å². The molecule has 0 atom stereocenters. The Labute approximate surface area is 139 Å². The van der Waals surface area contributed by atoms with Crippen molar-refractivity contribution in [3.63, 3.8) is 0 Å². The SMILES string of the molecule is CCCCc1ccc(C(c2ccccc2)c2ccccc2)cc1. The Morgan fingerprint density at radius 3 is 1.57 bits per heavy atom. The summed E-state index contributed by atoms with van der Waals surface area (Å²) in [4.78, 5) is 0. The van der Waals surface area contributed by atoms with E-state index in [4.69, 9.17) is 0 Å². The number of aryl methyl sites for hydroxylation is 1. The molecule has 0 amide bonds. The molecule has 3 aromatic rings. The summed E-state index contributed by atoms with van der Waals surface area (Å²) in [6, 6.07) is 30.8. The van der Waals surface area contributed by atoms with Gasteiger partial charge >= 0.3 is 0 Å². The maximum atomic E-state index is 2.30. The molecule has 0 N–H and O–H groups in total. The molecule has 0 bridgehead atoms. The normalized spacial score (nSPS) is 10.9. The van der Waals surface area contributed by atoms with E-state index >= 15 is 0 Å². The molecule has 0 saturated carbocycles. The summed E-state index contributed by atoms with van der Waals surface area (Å²) in [5.74, 6) is 0.303. The van der Waals surface area contributed by atoms with E-state index in [1.54, 1.807) is 0 Å². The monoisotopic (exact) mass is 300 g/mol. The van der Waals surface area contributed by atoms with Gasteiger partial charge in [0.25, 0.3) is 0 Å². The molecule has 0 aliphatic rings. The van der Waals surface area contributed by atoms with Crippen molar-refractivity contribution >= 4 is 0 Å². The topological polar surface area (TPSA) is 0 Å². The van der Waals surface area contributed by atoms with Gasteiger partial charge in [-0.3, -0.25) is 0 Å². The average molecular weight is 300 g/mol. The zero-order chi connectivity index (χ0) is 15.9. The summed E-state index contributed by atoms with van der Waals surface area (Å²) >= 11 is 0. The van der Waals surface area contributed by atoms with Crippen LogP contribution >= 0.6 is 0 Å². The average Bonchev–Trinajstić information content (AvgIpc) is 2.63.